The van der Waals surface area contributed by atoms with Crippen LogP contribution >= 0.6 is 11.6 Å². The molecule has 1 aliphatic carbocycles. The highest BCUT2D eigenvalue weighted by Crippen LogP contribution is 2.29. The molecule has 1 nitrogen and oxygen atoms in total. The molecule has 1 aromatic carbocycles. The number of rotatable bonds is 5. The predicted molar refractivity (Wildman–Crippen MR) is 77.5 cm³/mol. The van der Waals surface area contributed by atoms with Gasteiger partial charge in [0.05, 0.1) is 7.11 Å². The van der Waals surface area contributed by atoms with Crippen molar-refractivity contribution >= 4 is 11.6 Å². The maximum Gasteiger partial charge on any atom is 0.118 e. The van der Waals surface area contributed by atoms with Crippen LogP contribution in [-0.4, -0.2) is 12.5 Å². The molecule has 1 fully saturated rings. The molecule has 0 radical (unpaired) electrons. The zero-order valence-electron chi connectivity index (χ0n) is 11.2. The van der Waals surface area contributed by atoms with Gasteiger partial charge in [-0.3, -0.25) is 0 Å². The van der Waals surface area contributed by atoms with Crippen LogP contribution in [0.2, 0.25) is 0 Å². The Labute approximate surface area is 115 Å². The normalized spacial score (nSPS) is 18.6. The Balaban J connectivity index is 1.80. The quantitative estimate of drug-likeness (QED) is 0.695. The zero-order valence-corrected chi connectivity index (χ0v) is 12.0. The first kappa shape index (κ1) is 13.7. The molecular weight excluding hydrogens is 244 g/mol. The highest BCUT2D eigenvalue weighted by atomic mass is 35.5. The number of alkyl halides is 1. The van der Waals surface area contributed by atoms with Gasteiger partial charge in [-0.05, 0) is 36.5 Å². The second-order valence-corrected chi connectivity index (χ2v) is 6.01. The van der Waals surface area contributed by atoms with Crippen molar-refractivity contribution in [3.8, 4) is 5.75 Å². The summed E-state index contributed by atoms with van der Waals surface area (Å²) in [6.45, 7) is 0. The molecule has 0 amide bonds. The molecule has 2 heteroatoms. The first-order valence-electron chi connectivity index (χ1n) is 7.05. The van der Waals surface area contributed by atoms with Gasteiger partial charge in [0.25, 0.3) is 0 Å². The minimum atomic E-state index is 0.279. The van der Waals surface area contributed by atoms with Gasteiger partial charge in [-0.25, -0.2) is 0 Å². The van der Waals surface area contributed by atoms with Gasteiger partial charge in [0.1, 0.15) is 5.75 Å². The largest absolute Gasteiger partial charge is 0.497 e. The molecule has 0 heterocycles. The standard InChI is InChI=1S/C16H23ClO/c1-18-16-9-7-14(8-10-16)12-15(17)11-13-5-3-2-4-6-13/h7-10,13,15H,2-6,11-12H2,1H3. The lowest BCUT2D eigenvalue weighted by Gasteiger charge is -2.23. The van der Waals surface area contributed by atoms with E-state index in [1.165, 1.54) is 44.1 Å². The van der Waals surface area contributed by atoms with E-state index < -0.39 is 0 Å². The SMILES string of the molecule is COc1ccc(CC(Cl)CC2CCCCC2)cc1. The van der Waals surface area contributed by atoms with E-state index in [4.69, 9.17) is 16.3 Å². The van der Waals surface area contributed by atoms with Gasteiger partial charge >= 0.3 is 0 Å². The van der Waals surface area contributed by atoms with Crippen LogP contribution in [0.15, 0.2) is 24.3 Å². The fourth-order valence-corrected chi connectivity index (χ4v) is 3.32. The first-order chi connectivity index (χ1) is 8.78. The number of hydrogen-bond acceptors (Lipinski definition) is 1. The zero-order chi connectivity index (χ0) is 12.8. The van der Waals surface area contributed by atoms with E-state index in [0.29, 0.717) is 0 Å². The number of halogens is 1. The van der Waals surface area contributed by atoms with Gasteiger partial charge in [-0.2, -0.15) is 0 Å². The van der Waals surface area contributed by atoms with Crippen molar-refractivity contribution in [3.05, 3.63) is 29.8 Å². The molecule has 0 spiro atoms. The van der Waals surface area contributed by atoms with Gasteiger partial charge in [-0.15, -0.1) is 11.6 Å². The summed E-state index contributed by atoms with van der Waals surface area (Å²) < 4.78 is 5.16. The van der Waals surface area contributed by atoms with Crippen LogP contribution in [0.1, 0.15) is 44.1 Å². The fourth-order valence-electron chi connectivity index (χ4n) is 2.89. The summed E-state index contributed by atoms with van der Waals surface area (Å²) in [4.78, 5) is 0. The number of methoxy groups -OCH3 is 1. The molecular formula is C16H23ClO. The third-order valence-electron chi connectivity index (χ3n) is 3.93. The van der Waals surface area contributed by atoms with E-state index in [-0.39, 0.29) is 5.38 Å². The Kier molecular flexibility index (Phi) is 5.37. The number of hydrogen-bond donors (Lipinski definition) is 0. The lowest BCUT2D eigenvalue weighted by molar-refractivity contribution is 0.334. The van der Waals surface area contributed by atoms with Gasteiger partial charge < -0.3 is 4.74 Å². The van der Waals surface area contributed by atoms with E-state index in [2.05, 4.69) is 12.1 Å². The minimum Gasteiger partial charge on any atom is -0.497 e. The third kappa shape index (κ3) is 4.20. The summed E-state index contributed by atoms with van der Waals surface area (Å²) in [6, 6.07) is 8.27. The lowest BCUT2D eigenvalue weighted by Crippen LogP contribution is -2.14. The average Bonchev–Trinajstić information content (AvgIpc) is 2.40. The van der Waals surface area contributed by atoms with E-state index in [0.717, 1.165) is 18.1 Å². The lowest BCUT2D eigenvalue weighted by atomic mass is 9.85. The topological polar surface area (TPSA) is 9.23 Å². The molecule has 1 unspecified atom stereocenters. The molecule has 1 aromatic rings. The Bertz CT molecular complexity index is 341. The van der Waals surface area contributed by atoms with Gasteiger partial charge in [0.2, 0.25) is 0 Å². The monoisotopic (exact) mass is 266 g/mol. The maximum absolute atomic E-state index is 6.49. The number of ether oxygens (including phenoxy) is 1. The third-order valence-corrected chi connectivity index (χ3v) is 4.26. The average molecular weight is 267 g/mol. The molecule has 1 saturated carbocycles. The van der Waals surface area contributed by atoms with Crippen LogP contribution < -0.4 is 4.74 Å². The maximum atomic E-state index is 6.49. The van der Waals surface area contributed by atoms with Crippen LogP contribution in [0.5, 0.6) is 5.75 Å². The molecule has 0 saturated heterocycles. The fraction of sp³-hybridized carbons (Fsp3) is 0.625. The smallest absolute Gasteiger partial charge is 0.118 e. The van der Waals surface area contributed by atoms with Gasteiger partial charge in [0, 0.05) is 5.38 Å². The summed E-state index contributed by atoms with van der Waals surface area (Å²) in [5, 5.41) is 0.279. The van der Waals surface area contributed by atoms with Crippen molar-refractivity contribution in [2.24, 2.45) is 5.92 Å². The summed E-state index contributed by atoms with van der Waals surface area (Å²) >= 11 is 6.49. The Hall–Kier alpha value is -0.690. The number of benzene rings is 1. The first-order valence-corrected chi connectivity index (χ1v) is 7.48. The van der Waals surface area contributed by atoms with Crippen LogP contribution in [0.25, 0.3) is 0 Å². The second kappa shape index (κ2) is 7.04. The van der Waals surface area contributed by atoms with Gasteiger partial charge in [-0.1, -0.05) is 44.2 Å². The molecule has 100 valence electrons. The van der Waals surface area contributed by atoms with E-state index in [9.17, 15) is 0 Å². The molecule has 0 aromatic heterocycles. The Morgan fingerprint density at radius 1 is 1.17 bits per heavy atom. The summed E-state index contributed by atoms with van der Waals surface area (Å²) in [5.74, 6) is 1.77. The van der Waals surface area contributed by atoms with E-state index in [1.807, 2.05) is 12.1 Å². The summed E-state index contributed by atoms with van der Waals surface area (Å²) in [7, 11) is 1.70. The van der Waals surface area contributed by atoms with Crippen molar-refractivity contribution < 1.29 is 4.74 Å². The van der Waals surface area contributed by atoms with Crippen LogP contribution in [0.3, 0.4) is 0 Å². The Morgan fingerprint density at radius 3 is 2.44 bits per heavy atom. The summed E-state index contributed by atoms with van der Waals surface area (Å²) in [6.07, 6.45) is 9.13. The van der Waals surface area contributed by atoms with Crippen LogP contribution in [0.4, 0.5) is 0 Å². The van der Waals surface area contributed by atoms with E-state index in [1.54, 1.807) is 7.11 Å². The Morgan fingerprint density at radius 2 is 1.83 bits per heavy atom. The van der Waals surface area contributed by atoms with Gasteiger partial charge in [0.15, 0.2) is 0 Å². The predicted octanol–water partition coefficient (Wildman–Crippen LogP) is 4.82. The molecule has 0 aliphatic heterocycles. The van der Waals surface area contributed by atoms with Crippen molar-refractivity contribution in [2.75, 3.05) is 7.11 Å². The molecule has 18 heavy (non-hydrogen) atoms. The summed E-state index contributed by atoms with van der Waals surface area (Å²) in [5.41, 5.74) is 1.31. The molecule has 0 bridgehead atoms. The highest BCUT2D eigenvalue weighted by molar-refractivity contribution is 6.20. The molecule has 1 aliphatic rings. The highest BCUT2D eigenvalue weighted by Gasteiger charge is 2.17. The molecule has 2 rings (SSSR count). The van der Waals surface area contributed by atoms with E-state index >= 15 is 0 Å². The molecule has 0 N–H and O–H groups in total. The van der Waals surface area contributed by atoms with Crippen molar-refractivity contribution in [1.82, 2.24) is 0 Å². The van der Waals surface area contributed by atoms with Crippen molar-refractivity contribution in [3.63, 3.8) is 0 Å². The molecule has 1 atom stereocenters. The van der Waals surface area contributed by atoms with Crippen LogP contribution in [-0.2, 0) is 6.42 Å². The van der Waals surface area contributed by atoms with Crippen molar-refractivity contribution in [1.29, 1.82) is 0 Å². The van der Waals surface area contributed by atoms with Crippen LogP contribution in [0, 0.1) is 5.92 Å². The van der Waals surface area contributed by atoms with Crippen molar-refractivity contribution in [2.45, 2.75) is 50.3 Å². The minimum absolute atomic E-state index is 0.279. The second-order valence-electron chi connectivity index (χ2n) is 5.39.